The van der Waals surface area contributed by atoms with Gasteiger partial charge in [0.1, 0.15) is 6.54 Å². The Kier molecular flexibility index (Phi) is 4.62. The Labute approximate surface area is 117 Å². The van der Waals surface area contributed by atoms with E-state index in [4.69, 9.17) is 5.73 Å². The molecule has 0 fully saturated rings. The molecule has 0 aliphatic carbocycles. The highest BCUT2D eigenvalue weighted by atomic mass is 16.1. The van der Waals surface area contributed by atoms with Crippen LogP contribution in [0, 0.1) is 0 Å². The zero-order valence-corrected chi connectivity index (χ0v) is 11.9. The van der Waals surface area contributed by atoms with Crippen LogP contribution in [0.1, 0.15) is 30.9 Å². The van der Waals surface area contributed by atoms with Crippen molar-refractivity contribution in [1.29, 1.82) is 0 Å². The summed E-state index contributed by atoms with van der Waals surface area (Å²) in [5.41, 5.74) is 8.11. The van der Waals surface area contributed by atoms with Crippen LogP contribution in [0.2, 0.25) is 0 Å². The summed E-state index contributed by atoms with van der Waals surface area (Å²) in [5.74, 6) is 0.0794. The molecule has 0 saturated heterocycles. The van der Waals surface area contributed by atoms with Crippen LogP contribution in [0.15, 0.2) is 12.3 Å². The van der Waals surface area contributed by atoms with E-state index in [0.29, 0.717) is 18.7 Å². The number of Topliss-reactive ketones (excluding diaryl/α,β-unsaturated/α-hetero) is 1. The van der Waals surface area contributed by atoms with Crippen LogP contribution in [0.5, 0.6) is 0 Å². The van der Waals surface area contributed by atoms with Gasteiger partial charge in [0.15, 0.2) is 5.78 Å². The molecule has 2 rings (SSSR count). The fraction of sp³-hybridized carbons (Fsp3) is 0.538. The molecule has 2 heterocycles. The number of carbonyl (C=O) groups is 1. The van der Waals surface area contributed by atoms with E-state index in [9.17, 15) is 4.79 Å². The first kappa shape index (κ1) is 14.4. The molecule has 7 heteroatoms. The van der Waals surface area contributed by atoms with E-state index in [-0.39, 0.29) is 12.3 Å². The van der Waals surface area contributed by atoms with E-state index in [1.165, 1.54) is 4.68 Å². The lowest BCUT2D eigenvalue weighted by atomic mass is 10.2. The van der Waals surface area contributed by atoms with E-state index in [1.807, 2.05) is 17.7 Å². The van der Waals surface area contributed by atoms with E-state index in [0.717, 1.165) is 24.4 Å². The number of ketones is 1. The van der Waals surface area contributed by atoms with Gasteiger partial charge in [-0.1, -0.05) is 12.1 Å². The Bertz CT molecular complexity index is 585. The number of hydrogen-bond acceptors (Lipinski definition) is 5. The molecule has 2 aromatic heterocycles. The monoisotopic (exact) mass is 276 g/mol. The van der Waals surface area contributed by atoms with Crippen LogP contribution < -0.4 is 5.73 Å². The minimum atomic E-state index is 0.0794. The maximum atomic E-state index is 12.1. The summed E-state index contributed by atoms with van der Waals surface area (Å²) in [6.45, 7) is 5.38. The smallest absolute Gasteiger partial charge is 0.160 e. The van der Waals surface area contributed by atoms with Crippen LogP contribution in [-0.2, 0) is 37.3 Å². The maximum Gasteiger partial charge on any atom is 0.160 e. The standard InChI is InChI=1S/C13H20N6O/c1-3-10-5-12(19(4-2)16-10)6-13(20)9-18-8-11(7-14)15-17-18/h5,8H,3-4,6-7,9,14H2,1-2H3. The normalized spacial score (nSPS) is 10.9. The van der Waals surface area contributed by atoms with Gasteiger partial charge in [-0.25, -0.2) is 4.68 Å². The van der Waals surface area contributed by atoms with Gasteiger partial charge < -0.3 is 5.73 Å². The second kappa shape index (κ2) is 6.42. The third-order valence-corrected chi connectivity index (χ3v) is 3.09. The molecule has 0 atom stereocenters. The fourth-order valence-electron chi connectivity index (χ4n) is 2.05. The average molecular weight is 276 g/mol. The molecule has 0 amide bonds. The van der Waals surface area contributed by atoms with E-state index in [1.54, 1.807) is 6.20 Å². The Morgan fingerprint density at radius 1 is 1.35 bits per heavy atom. The molecular weight excluding hydrogens is 256 g/mol. The summed E-state index contributed by atoms with van der Waals surface area (Å²) in [7, 11) is 0. The third-order valence-electron chi connectivity index (χ3n) is 3.09. The van der Waals surface area contributed by atoms with Crippen molar-refractivity contribution in [2.45, 2.75) is 46.3 Å². The van der Waals surface area contributed by atoms with E-state index < -0.39 is 0 Å². The molecular formula is C13H20N6O. The predicted octanol–water partition coefficient (Wildman–Crippen LogP) is 0.327. The average Bonchev–Trinajstić information content (AvgIpc) is 3.04. The minimum Gasteiger partial charge on any atom is -0.325 e. The van der Waals surface area contributed by atoms with Crippen molar-refractivity contribution in [2.24, 2.45) is 5.73 Å². The molecule has 0 saturated carbocycles. The lowest BCUT2D eigenvalue weighted by Gasteiger charge is -2.03. The Hall–Kier alpha value is -2.02. The van der Waals surface area contributed by atoms with Crippen LogP contribution in [0.4, 0.5) is 0 Å². The Morgan fingerprint density at radius 2 is 2.15 bits per heavy atom. The van der Waals surface area contributed by atoms with Crippen LogP contribution in [0.25, 0.3) is 0 Å². The zero-order chi connectivity index (χ0) is 14.5. The summed E-state index contributed by atoms with van der Waals surface area (Å²) >= 11 is 0. The second-order valence-corrected chi connectivity index (χ2v) is 4.62. The van der Waals surface area contributed by atoms with Gasteiger partial charge in [0.05, 0.1) is 24.0 Å². The first-order valence-electron chi connectivity index (χ1n) is 6.82. The topological polar surface area (TPSA) is 91.6 Å². The highest BCUT2D eigenvalue weighted by molar-refractivity contribution is 5.80. The van der Waals surface area contributed by atoms with Crippen LogP contribution >= 0.6 is 0 Å². The fourth-order valence-corrected chi connectivity index (χ4v) is 2.05. The predicted molar refractivity (Wildman–Crippen MR) is 73.9 cm³/mol. The van der Waals surface area contributed by atoms with Gasteiger partial charge in [0, 0.05) is 18.8 Å². The number of aromatic nitrogens is 5. The summed E-state index contributed by atoms with van der Waals surface area (Å²) in [6, 6.07) is 1.99. The van der Waals surface area contributed by atoms with Crippen molar-refractivity contribution in [3.05, 3.63) is 29.3 Å². The highest BCUT2D eigenvalue weighted by Crippen LogP contribution is 2.07. The molecule has 0 unspecified atom stereocenters. The van der Waals surface area contributed by atoms with Crippen molar-refractivity contribution in [3.8, 4) is 0 Å². The summed E-state index contributed by atoms with van der Waals surface area (Å²) in [5, 5.41) is 12.2. The molecule has 108 valence electrons. The quantitative estimate of drug-likeness (QED) is 0.786. The number of aryl methyl sites for hydroxylation is 2. The maximum absolute atomic E-state index is 12.1. The summed E-state index contributed by atoms with van der Waals surface area (Å²) in [6.07, 6.45) is 2.93. The molecule has 0 aliphatic heterocycles. The molecule has 7 nitrogen and oxygen atoms in total. The van der Waals surface area contributed by atoms with Gasteiger partial charge >= 0.3 is 0 Å². The van der Waals surface area contributed by atoms with Crippen molar-refractivity contribution < 1.29 is 4.79 Å². The summed E-state index contributed by atoms with van der Waals surface area (Å²) in [4.78, 5) is 12.1. The first-order valence-corrected chi connectivity index (χ1v) is 6.82. The Morgan fingerprint density at radius 3 is 2.75 bits per heavy atom. The van der Waals surface area contributed by atoms with Gasteiger partial charge in [-0.05, 0) is 19.4 Å². The molecule has 0 spiro atoms. The zero-order valence-electron chi connectivity index (χ0n) is 11.9. The van der Waals surface area contributed by atoms with Gasteiger partial charge in [0.25, 0.3) is 0 Å². The number of nitrogens with two attached hydrogens (primary N) is 1. The summed E-state index contributed by atoms with van der Waals surface area (Å²) < 4.78 is 3.40. The number of hydrogen-bond donors (Lipinski definition) is 1. The molecule has 0 radical (unpaired) electrons. The van der Waals surface area contributed by atoms with Crippen LogP contribution in [0.3, 0.4) is 0 Å². The van der Waals surface area contributed by atoms with Crippen molar-refractivity contribution >= 4 is 5.78 Å². The molecule has 2 aromatic rings. The minimum absolute atomic E-state index is 0.0794. The molecule has 0 bridgehead atoms. The van der Waals surface area contributed by atoms with E-state index >= 15 is 0 Å². The van der Waals surface area contributed by atoms with E-state index in [2.05, 4.69) is 22.3 Å². The van der Waals surface area contributed by atoms with Gasteiger partial charge in [0.2, 0.25) is 0 Å². The molecule has 2 N–H and O–H groups in total. The lowest BCUT2D eigenvalue weighted by Crippen LogP contribution is -2.15. The molecule has 20 heavy (non-hydrogen) atoms. The Balaban J connectivity index is 2.02. The van der Waals surface area contributed by atoms with Crippen molar-refractivity contribution in [3.63, 3.8) is 0 Å². The lowest BCUT2D eigenvalue weighted by molar-refractivity contribution is -0.119. The van der Waals surface area contributed by atoms with Gasteiger partial charge in [-0.2, -0.15) is 5.10 Å². The molecule has 0 aromatic carbocycles. The highest BCUT2D eigenvalue weighted by Gasteiger charge is 2.12. The third kappa shape index (κ3) is 3.30. The molecule has 0 aliphatic rings. The van der Waals surface area contributed by atoms with Crippen LogP contribution in [-0.4, -0.2) is 30.6 Å². The SMILES string of the molecule is CCc1cc(CC(=O)Cn2cc(CN)nn2)n(CC)n1. The number of rotatable bonds is 7. The first-order chi connectivity index (χ1) is 9.66. The van der Waals surface area contributed by atoms with Crippen molar-refractivity contribution in [2.75, 3.05) is 0 Å². The number of carbonyl (C=O) groups excluding carboxylic acids is 1. The largest absolute Gasteiger partial charge is 0.325 e. The van der Waals surface area contributed by atoms with Gasteiger partial charge in [-0.3, -0.25) is 9.48 Å². The number of nitrogens with zero attached hydrogens (tertiary/aromatic N) is 5. The second-order valence-electron chi connectivity index (χ2n) is 4.62. The van der Waals surface area contributed by atoms with Crippen molar-refractivity contribution in [1.82, 2.24) is 24.8 Å². The van der Waals surface area contributed by atoms with Gasteiger partial charge in [-0.15, -0.1) is 5.10 Å².